The molecular weight excluding hydrogens is 274 g/mol. The standard InChI is InChI=1S/C11H15NO6S/c1-7(3-5-9(13)14)12-11(15)8-4-6-10(18-8)19(2,16)17/h4,6-7H,3,5H2,1-2H3,(H,12,15)(H,13,14). The molecule has 0 aliphatic carbocycles. The molecule has 1 aromatic heterocycles. The molecule has 0 saturated heterocycles. The highest BCUT2D eigenvalue weighted by Crippen LogP contribution is 2.13. The molecule has 8 heteroatoms. The number of nitrogens with one attached hydrogen (secondary N) is 1. The Hall–Kier alpha value is -1.83. The Morgan fingerprint density at radius 1 is 1.42 bits per heavy atom. The van der Waals surface area contributed by atoms with Crippen LogP contribution in [0.25, 0.3) is 0 Å². The first-order chi connectivity index (χ1) is 8.70. The Labute approximate surface area is 110 Å². The zero-order valence-corrected chi connectivity index (χ0v) is 11.4. The monoisotopic (exact) mass is 289 g/mol. The molecule has 1 heterocycles. The summed E-state index contributed by atoms with van der Waals surface area (Å²) in [6.45, 7) is 1.65. The van der Waals surface area contributed by atoms with Crippen molar-refractivity contribution in [2.75, 3.05) is 6.26 Å². The summed E-state index contributed by atoms with van der Waals surface area (Å²) in [7, 11) is -3.49. The molecule has 106 valence electrons. The molecule has 1 atom stereocenters. The molecule has 0 saturated carbocycles. The van der Waals surface area contributed by atoms with E-state index < -0.39 is 21.7 Å². The fourth-order valence-corrected chi connectivity index (χ4v) is 1.90. The van der Waals surface area contributed by atoms with Crippen LogP contribution in [0.3, 0.4) is 0 Å². The number of carboxylic acid groups (broad SMARTS) is 1. The summed E-state index contributed by atoms with van der Waals surface area (Å²) < 4.78 is 27.3. The van der Waals surface area contributed by atoms with E-state index in [1.807, 2.05) is 0 Å². The van der Waals surface area contributed by atoms with Crippen LogP contribution in [-0.2, 0) is 14.6 Å². The van der Waals surface area contributed by atoms with Gasteiger partial charge in [0, 0.05) is 18.7 Å². The molecule has 1 amide bonds. The maximum absolute atomic E-state index is 11.7. The molecule has 2 N–H and O–H groups in total. The lowest BCUT2D eigenvalue weighted by Crippen LogP contribution is -2.32. The minimum atomic E-state index is -3.49. The molecule has 0 aliphatic rings. The summed E-state index contributed by atoms with van der Waals surface area (Å²) >= 11 is 0. The van der Waals surface area contributed by atoms with Crippen LogP contribution in [0.1, 0.15) is 30.3 Å². The van der Waals surface area contributed by atoms with Crippen LogP contribution >= 0.6 is 0 Å². The van der Waals surface area contributed by atoms with Crippen LogP contribution in [-0.4, -0.2) is 37.7 Å². The van der Waals surface area contributed by atoms with Gasteiger partial charge >= 0.3 is 5.97 Å². The zero-order chi connectivity index (χ0) is 14.6. The summed E-state index contributed by atoms with van der Waals surface area (Å²) in [5.74, 6) is -1.64. The van der Waals surface area contributed by atoms with Crippen molar-refractivity contribution in [3.8, 4) is 0 Å². The predicted molar refractivity (Wildman–Crippen MR) is 65.6 cm³/mol. The van der Waals surface area contributed by atoms with Gasteiger partial charge in [0.25, 0.3) is 5.91 Å². The second kappa shape index (κ2) is 5.87. The summed E-state index contributed by atoms with van der Waals surface area (Å²) in [6.07, 6.45) is 1.19. The Kier molecular flexibility index (Phi) is 4.71. The molecule has 0 bridgehead atoms. The highest BCUT2D eigenvalue weighted by Gasteiger charge is 2.18. The van der Waals surface area contributed by atoms with Crippen molar-refractivity contribution in [1.82, 2.24) is 5.32 Å². The fraction of sp³-hybridized carbons (Fsp3) is 0.455. The second-order valence-electron chi connectivity index (χ2n) is 4.20. The van der Waals surface area contributed by atoms with Crippen LogP contribution < -0.4 is 5.32 Å². The number of furan rings is 1. The van der Waals surface area contributed by atoms with Gasteiger partial charge in [-0.3, -0.25) is 9.59 Å². The van der Waals surface area contributed by atoms with E-state index >= 15 is 0 Å². The molecule has 19 heavy (non-hydrogen) atoms. The summed E-state index contributed by atoms with van der Waals surface area (Å²) in [4.78, 5) is 22.1. The van der Waals surface area contributed by atoms with E-state index in [1.165, 1.54) is 12.1 Å². The maximum Gasteiger partial charge on any atom is 0.303 e. The predicted octanol–water partition coefficient (Wildman–Crippen LogP) is 0.666. The SMILES string of the molecule is CC(CCC(=O)O)NC(=O)c1ccc(S(C)(=O)=O)o1. The van der Waals surface area contributed by atoms with Gasteiger partial charge in [0.15, 0.2) is 5.76 Å². The molecule has 1 unspecified atom stereocenters. The van der Waals surface area contributed by atoms with Crippen molar-refractivity contribution in [2.24, 2.45) is 0 Å². The van der Waals surface area contributed by atoms with E-state index in [4.69, 9.17) is 9.52 Å². The van der Waals surface area contributed by atoms with Crippen molar-refractivity contribution < 1.29 is 27.5 Å². The third-order valence-electron chi connectivity index (χ3n) is 2.34. The smallest absolute Gasteiger partial charge is 0.303 e. The first-order valence-electron chi connectivity index (χ1n) is 5.52. The van der Waals surface area contributed by atoms with Gasteiger partial charge in [-0.25, -0.2) is 8.42 Å². The number of aliphatic carboxylic acids is 1. The highest BCUT2D eigenvalue weighted by atomic mass is 32.2. The van der Waals surface area contributed by atoms with Crippen LogP contribution in [0.15, 0.2) is 21.6 Å². The number of carbonyl (C=O) groups excluding carboxylic acids is 1. The minimum absolute atomic E-state index is 0.0613. The van der Waals surface area contributed by atoms with Crippen molar-refractivity contribution in [3.05, 3.63) is 17.9 Å². The average molecular weight is 289 g/mol. The van der Waals surface area contributed by atoms with Gasteiger partial charge in [-0.1, -0.05) is 0 Å². The molecule has 1 rings (SSSR count). The van der Waals surface area contributed by atoms with Gasteiger partial charge in [-0.05, 0) is 25.5 Å². The van der Waals surface area contributed by atoms with Crippen molar-refractivity contribution in [3.63, 3.8) is 0 Å². The molecule has 0 fully saturated rings. The Bertz CT molecular complexity index is 574. The largest absolute Gasteiger partial charge is 0.481 e. The van der Waals surface area contributed by atoms with E-state index in [-0.39, 0.29) is 29.7 Å². The first-order valence-corrected chi connectivity index (χ1v) is 7.42. The highest BCUT2D eigenvalue weighted by molar-refractivity contribution is 7.90. The molecule has 0 aliphatic heterocycles. The van der Waals surface area contributed by atoms with E-state index in [1.54, 1.807) is 6.92 Å². The van der Waals surface area contributed by atoms with Gasteiger partial charge in [0.2, 0.25) is 14.9 Å². The topological polar surface area (TPSA) is 114 Å². The Morgan fingerprint density at radius 2 is 2.05 bits per heavy atom. The molecule has 0 aromatic carbocycles. The van der Waals surface area contributed by atoms with Gasteiger partial charge in [-0.2, -0.15) is 0 Å². The van der Waals surface area contributed by atoms with Gasteiger partial charge in [0.05, 0.1) is 0 Å². The third-order valence-corrected chi connectivity index (χ3v) is 3.29. The van der Waals surface area contributed by atoms with Crippen LogP contribution in [0.5, 0.6) is 0 Å². The molecular formula is C11H15NO6S. The van der Waals surface area contributed by atoms with E-state index in [2.05, 4.69) is 5.32 Å². The maximum atomic E-state index is 11.7. The molecule has 1 aromatic rings. The van der Waals surface area contributed by atoms with Crippen molar-refractivity contribution in [1.29, 1.82) is 0 Å². The molecule has 0 radical (unpaired) electrons. The normalized spacial score (nSPS) is 12.9. The number of rotatable bonds is 6. The van der Waals surface area contributed by atoms with Gasteiger partial charge < -0.3 is 14.8 Å². The number of carbonyl (C=O) groups is 2. The van der Waals surface area contributed by atoms with Crippen molar-refractivity contribution >= 4 is 21.7 Å². The quantitative estimate of drug-likeness (QED) is 0.795. The Balaban J connectivity index is 2.64. The second-order valence-corrected chi connectivity index (χ2v) is 6.14. The van der Waals surface area contributed by atoms with E-state index in [9.17, 15) is 18.0 Å². The lowest BCUT2D eigenvalue weighted by molar-refractivity contribution is -0.137. The van der Waals surface area contributed by atoms with Gasteiger partial charge in [-0.15, -0.1) is 0 Å². The number of amides is 1. The lowest BCUT2D eigenvalue weighted by atomic mass is 10.2. The molecule has 0 spiro atoms. The lowest BCUT2D eigenvalue weighted by Gasteiger charge is -2.11. The summed E-state index contributed by atoms with van der Waals surface area (Å²) in [5.41, 5.74) is 0. The molecule has 7 nitrogen and oxygen atoms in total. The minimum Gasteiger partial charge on any atom is -0.481 e. The number of carboxylic acids is 1. The Morgan fingerprint density at radius 3 is 2.53 bits per heavy atom. The first kappa shape index (κ1) is 15.2. The number of hydrogen-bond donors (Lipinski definition) is 2. The summed E-state index contributed by atoms with van der Waals surface area (Å²) in [5, 5.41) is 10.8. The number of sulfone groups is 1. The van der Waals surface area contributed by atoms with Crippen LogP contribution in [0.2, 0.25) is 0 Å². The van der Waals surface area contributed by atoms with Crippen molar-refractivity contribution in [2.45, 2.75) is 30.9 Å². The van der Waals surface area contributed by atoms with E-state index in [0.717, 1.165) is 6.26 Å². The average Bonchev–Trinajstić information content (AvgIpc) is 2.75. The van der Waals surface area contributed by atoms with E-state index in [0.29, 0.717) is 0 Å². The van der Waals surface area contributed by atoms with Crippen LogP contribution in [0, 0.1) is 0 Å². The van der Waals surface area contributed by atoms with Gasteiger partial charge in [0.1, 0.15) is 0 Å². The van der Waals surface area contributed by atoms with Crippen LogP contribution in [0.4, 0.5) is 0 Å². The summed E-state index contributed by atoms with van der Waals surface area (Å²) in [6, 6.07) is 2.11. The zero-order valence-electron chi connectivity index (χ0n) is 10.5. The number of hydrogen-bond acceptors (Lipinski definition) is 5. The third kappa shape index (κ3) is 4.74. The fourth-order valence-electron chi connectivity index (χ4n) is 1.35.